The molecule has 0 saturated heterocycles. The van der Waals surface area contributed by atoms with Crippen LogP contribution in [0.15, 0.2) is 48.5 Å². The van der Waals surface area contributed by atoms with Gasteiger partial charge in [0.05, 0.1) is 12.6 Å². The zero-order valence-electron chi connectivity index (χ0n) is 14.2. The molecule has 0 aromatic heterocycles. The van der Waals surface area contributed by atoms with Gasteiger partial charge in [-0.1, -0.05) is 23.7 Å². The van der Waals surface area contributed by atoms with Crippen molar-refractivity contribution >= 4 is 23.2 Å². The first-order chi connectivity index (χ1) is 11.5. The van der Waals surface area contributed by atoms with E-state index in [-0.39, 0.29) is 18.0 Å². The van der Waals surface area contributed by atoms with Gasteiger partial charge in [0.1, 0.15) is 5.75 Å². The molecule has 2 N–H and O–H groups in total. The van der Waals surface area contributed by atoms with Crippen molar-refractivity contribution in [2.24, 2.45) is 0 Å². The van der Waals surface area contributed by atoms with E-state index in [4.69, 9.17) is 16.3 Å². The van der Waals surface area contributed by atoms with Gasteiger partial charge < -0.3 is 10.1 Å². The van der Waals surface area contributed by atoms with Crippen LogP contribution in [0.5, 0.6) is 5.75 Å². The smallest absolute Gasteiger partial charge is 0.241 e. The maximum Gasteiger partial charge on any atom is 0.241 e. The molecule has 1 amide bonds. The van der Waals surface area contributed by atoms with Crippen LogP contribution in [-0.2, 0) is 4.79 Å². The normalized spacial score (nSPS) is 13.2. The van der Waals surface area contributed by atoms with E-state index in [2.05, 4.69) is 10.6 Å². The first-order valence-corrected chi connectivity index (χ1v) is 8.42. The highest BCUT2D eigenvalue weighted by molar-refractivity contribution is 6.30. The maximum atomic E-state index is 12.3. The predicted molar refractivity (Wildman–Crippen MR) is 98.7 cm³/mol. The average Bonchev–Trinajstić information content (AvgIpc) is 2.56. The molecule has 2 rings (SSSR count). The van der Waals surface area contributed by atoms with E-state index in [0.717, 1.165) is 17.0 Å². The van der Waals surface area contributed by atoms with Crippen molar-refractivity contribution in [2.45, 2.75) is 32.9 Å². The molecule has 4 nitrogen and oxygen atoms in total. The summed E-state index contributed by atoms with van der Waals surface area (Å²) >= 11 is 6.01. The lowest BCUT2D eigenvalue weighted by Gasteiger charge is -2.20. The molecular formula is C19H23ClN2O2. The van der Waals surface area contributed by atoms with Crippen LogP contribution in [-0.4, -0.2) is 18.6 Å². The lowest BCUT2D eigenvalue weighted by Crippen LogP contribution is -2.39. The maximum absolute atomic E-state index is 12.3. The van der Waals surface area contributed by atoms with Gasteiger partial charge >= 0.3 is 0 Å². The zero-order chi connectivity index (χ0) is 17.5. The number of carbonyl (C=O) groups excluding carboxylic acids is 1. The van der Waals surface area contributed by atoms with E-state index >= 15 is 0 Å². The van der Waals surface area contributed by atoms with Crippen LogP contribution in [0.2, 0.25) is 5.02 Å². The molecule has 0 radical (unpaired) electrons. The molecule has 0 aliphatic heterocycles. The van der Waals surface area contributed by atoms with E-state index in [1.165, 1.54) is 0 Å². The molecule has 2 aromatic rings. The number of hydrogen-bond acceptors (Lipinski definition) is 3. The minimum absolute atomic E-state index is 0.0183. The molecular weight excluding hydrogens is 324 g/mol. The number of amides is 1. The van der Waals surface area contributed by atoms with E-state index in [1.54, 1.807) is 0 Å². The molecule has 0 heterocycles. The Hall–Kier alpha value is -2.04. The third-order valence-electron chi connectivity index (χ3n) is 3.67. The number of anilines is 1. The number of halogens is 1. The second-order valence-corrected chi connectivity index (χ2v) is 6.05. The van der Waals surface area contributed by atoms with Gasteiger partial charge in [0, 0.05) is 16.8 Å². The van der Waals surface area contributed by atoms with Crippen LogP contribution >= 0.6 is 11.6 Å². The number of hydrogen-bond donors (Lipinski definition) is 2. The zero-order valence-corrected chi connectivity index (χ0v) is 14.9. The Morgan fingerprint density at radius 2 is 1.88 bits per heavy atom. The van der Waals surface area contributed by atoms with Crippen LogP contribution in [0.1, 0.15) is 32.4 Å². The van der Waals surface area contributed by atoms with E-state index in [1.807, 2.05) is 69.3 Å². The molecule has 24 heavy (non-hydrogen) atoms. The Kier molecular flexibility index (Phi) is 6.64. The van der Waals surface area contributed by atoms with Crippen molar-refractivity contribution in [3.63, 3.8) is 0 Å². The summed E-state index contributed by atoms with van der Waals surface area (Å²) in [5, 5.41) is 6.86. The van der Waals surface area contributed by atoms with E-state index in [9.17, 15) is 4.79 Å². The topological polar surface area (TPSA) is 50.4 Å². The second-order valence-electron chi connectivity index (χ2n) is 5.61. The SMILES string of the molecule is CCOc1ccc(NC(=O)C(C)NC(C)c2cccc(Cl)c2)cc1. The summed E-state index contributed by atoms with van der Waals surface area (Å²) < 4.78 is 5.39. The van der Waals surface area contributed by atoms with Crippen LogP contribution < -0.4 is 15.4 Å². The molecule has 2 aromatic carbocycles. The predicted octanol–water partition coefficient (Wildman–Crippen LogP) is 4.42. The van der Waals surface area contributed by atoms with Crippen molar-refractivity contribution in [3.05, 3.63) is 59.1 Å². The summed E-state index contributed by atoms with van der Waals surface area (Å²) in [5.74, 6) is 0.698. The fourth-order valence-electron chi connectivity index (χ4n) is 2.37. The Balaban J connectivity index is 1.91. The molecule has 0 bridgehead atoms. The summed E-state index contributed by atoms with van der Waals surface area (Å²) in [6.07, 6.45) is 0. The van der Waals surface area contributed by atoms with Gasteiger partial charge in [-0.05, 0) is 62.7 Å². The molecule has 0 saturated carbocycles. The quantitative estimate of drug-likeness (QED) is 0.780. The standard InChI is InChI=1S/C19H23ClN2O2/c1-4-24-18-10-8-17(9-11-18)22-19(23)14(3)21-13(2)15-6-5-7-16(20)12-15/h5-14,21H,4H2,1-3H3,(H,22,23). The summed E-state index contributed by atoms with van der Waals surface area (Å²) in [6, 6.07) is 14.6. The Labute approximate surface area is 148 Å². The Morgan fingerprint density at radius 1 is 1.17 bits per heavy atom. The van der Waals surface area contributed by atoms with Crippen LogP contribution in [0.25, 0.3) is 0 Å². The molecule has 2 unspecified atom stereocenters. The van der Waals surface area contributed by atoms with E-state index in [0.29, 0.717) is 11.6 Å². The molecule has 128 valence electrons. The van der Waals surface area contributed by atoms with Crippen LogP contribution in [0, 0.1) is 0 Å². The third-order valence-corrected chi connectivity index (χ3v) is 3.91. The lowest BCUT2D eigenvalue weighted by molar-refractivity contribution is -0.117. The Morgan fingerprint density at radius 3 is 2.50 bits per heavy atom. The molecule has 0 aliphatic carbocycles. The summed E-state index contributed by atoms with van der Waals surface area (Å²) in [7, 11) is 0. The summed E-state index contributed by atoms with van der Waals surface area (Å²) in [4.78, 5) is 12.3. The first-order valence-electron chi connectivity index (χ1n) is 8.05. The van der Waals surface area contributed by atoms with Crippen molar-refractivity contribution in [2.75, 3.05) is 11.9 Å². The van der Waals surface area contributed by atoms with Gasteiger partial charge in [-0.15, -0.1) is 0 Å². The molecule has 0 fully saturated rings. The van der Waals surface area contributed by atoms with Crippen molar-refractivity contribution in [1.29, 1.82) is 0 Å². The monoisotopic (exact) mass is 346 g/mol. The number of nitrogens with one attached hydrogen (secondary N) is 2. The number of carbonyl (C=O) groups is 1. The second kappa shape index (κ2) is 8.71. The van der Waals surface area contributed by atoms with Crippen molar-refractivity contribution < 1.29 is 9.53 Å². The first kappa shape index (κ1) is 18.3. The van der Waals surface area contributed by atoms with Gasteiger partial charge in [0.2, 0.25) is 5.91 Å². The van der Waals surface area contributed by atoms with Gasteiger partial charge in [0.25, 0.3) is 0 Å². The molecule has 2 atom stereocenters. The fourth-order valence-corrected chi connectivity index (χ4v) is 2.57. The highest BCUT2D eigenvalue weighted by Gasteiger charge is 2.16. The van der Waals surface area contributed by atoms with Crippen molar-refractivity contribution in [3.8, 4) is 5.75 Å². The third kappa shape index (κ3) is 5.25. The lowest BCUT2D eigenvalue weighted by atomic mass is 10.1. The highest BCUT2D eigenvalue weighted by atomic mass is 35.5. The minimum atomic E-state index is -0.342. The molecule has 5 heteroatoms. The molecule has 0 aliphatic rings. The van der Waals surface area contributed by atoms with Crippen LogP contribution in [0.4, 0.5) is 5.69 Å². The van der Waals surface area contributed by atoms with E-state index < -0.39 is 0 Å². The molecule has 0 spiro atoms. The van der Waals surface area contributed by atoms with Gasteiger partial charge in [-0.25, -0.2) is 0 Å². The summed E-state index contributed by atoms with van der Waals surface area (Å²) in [5.41, 5.74) is 1.79. The van der Waals surface area contributed by atoms with Gasteiger partial charge in [0.15, 0.2) is 0 Å². The van der Waals surface area contributed by atoms with Gasteiger partial charge in [-0.2, -0.15) is 0 Å². The summed E-state index contributed by atoms with van der Waals surface area (Å²) in [6.45, 7) is 6.40. The minimum Gasteiger partial charge on any atom is -0.494 e. The number of ether oxygens (including phenoxy) is 1. The van der Waals surface area contributed by atoms with Gasteiger partial charge in [-0.3, -0.25) is 10.1 Å². The van der Waals surface area contributed by atoms with Crippen LogP contribution in [0.3, 0.4) is 0 Å². The Bertz CT molecular complexity index is 673. The number of benzene rings is 2. The van der Waals surface area contributed by atoms with Crippen molar-refractivity contribution in [1.82, 2.24) is 5.32 Å². The average molecular weight is 347 g/mol. The highest BCUT2D eigenvalue weighted by Crippen LogP contribution is 2.19. The largest absolute Gasteiger partial charge is 0.494 e. The fraction of sp³-hybridized carbons (Fsp3) is 0.316. The number of rotatable bonds is 7.